The second-order valence-electron chi connectivity index (χ2n) is 10.3. The standard InChI is InChI=1S/C31H41N3O7/c1-2-3-4-5-12-17-26(20-28(35)32-41-23-25-15-10-7-11-16-25)29(36)33-18-19-34(31(38)39)27(21-33)30(37)40-22-24-13-8-6-9-14-24/h6-11,13-16,26-27H,2-5,12,17-23H2,1H3,(H,32,35)(H,38,39)/t26-,27+/m1/s1. The molecule has 1 heterocycles. The van der Waals surface area contributed by atoms with Crippen LogP contribution in [0.5, 0.6) is 0 Å². The molecule has 0 saturated carbocycles. The number of hydroxylamine groups is 1. The number of esters is 1. The third-order valence-corrected chi connectivity index (χ3v) is 7.14. The lowest BCUT2D eigenvalue weighted by Gasteiger charge is -2.39. The molecule has 0 spiro atoms. The van der Waals surface area contributed by atoms with Gasteiger partial charge >= 0.3 is 12.1 Å². The number of amides is 3. The number of rotatable bonds is 15. The molecule has 3 rings (SSSR count). The largest absolute Gasteiger partial charge is 0.465 e. The Morgan fingerprint density at radius 2 is 1.54 bits per heavy atom. The molecule has 3 amide bonds. The highest BCUT2D eigenvalue weighted by atomic mass is 16.6. The molecule has 0 aliphatic carbocycles. The van der Waals surface area contributed by atoms with Gasteiger partial charge < -0.3 is 14.7 Å². The second kappa shape index (κ2) is 17.0. The summed E-state index contributed by atoms with van der Waals surface area (Å²) in [7, 11) is 0. The van der Waals surface area contributed by atoms with E-state index >= 15 is 0 Å². The molecular weight excluding hydrogens is 526 g/mol. The summed E-state index contributed by atoms with van der Waals surface area (Å²) in [6.45, 7) is 2.31. The minimum atomic E-state index is -1.25. The molecule has 0 aromatic heterocycles. The number of hydrogen-bond donors (Lipinski definition) is 2. The first-order valence-electron chi connectivity index (χ1n) is 14.3. The SMILES string of the molecule is CCCCCCC[C@H](CC(=O)NOCc1ccccc1)C(=O)N1CCN(C(=O)O)[C@H](C(=O)OCc2ccccc2)C1. The van der Waals surface area contributed by atoms with Crippen LogP contribution < -0.4 is 5.48 Å². The summed E-state index contributed by atoms with van der Waals surface area (Å²) in [6, 6.07) is 17.3. The van der Waals surface area contributed by atoms with Crippen molar-refractivity contribution in [2.45, 2.75) is 71.1 Å². The molecule has 222 valence electrons. The van der Waals surface area contributed by atoms with Crippen LogP contribution in [-0.2, 0) is 37.2 Å². The minimum Gasteiger partial charge on any atom is -0.465 e. The van der Waals surface area contributed by atoms with Gasteiger partial charge in [-0.2, -0.15) is 0 Å². The average Bonchev–Trinajstić information content (AvgIpc) is 2.99. The maximum atomic E-state index is 13.7. The van der Waals surface area contributed by atoms with Crippen molar-refractivity contribution in [1.82, 2.24) is 15.3 Å². The molecule has 1 fully saturated rings. The quantitative estimate of drug-likeness (QED) is 0.184. The van der Waals surface area contributed by atoms with Crippen molar-refractivity contribution in [3.63, 3.8) is 0 Å². The molecule has 1 saturated heterocycles. The number of carbonyl (C=O) groups is 4. The predicted octanol–water partition coefficient (Wildman–Crippen LogP) is 4.54. The van der Waals surface area contributed by atoms with Crippen LogP contribution in [-0.4, -0.2) is 64.5 Å². The molecule has 2 N–H and O–H groups in total. The zero-order valence-electron chi connectivity index (χ0n) is 23.7. The third-order valence-electron chi connectivity index (χ3n) is 7.14. The van der Waals surface area contributed by atoms with E-state index in [0.29, 0.717) is 6.42 Å². The Hall–Kier alpha value is -3.92. The molecular formula is C31H41N3O7. The first-order valence-corrected chi connectivity index (χ1v) is 14.3. The molecule has 2 aromatic rings. The lowest BCUT2D eigenvalue weighted by atomic mass is 9.94. The number of benzene rings is 2. The van der Waals surface area contributed by atoms with Crippen LogP contribution in [0.1, 0.15) is 63.0 Å². The van der Waals surface area contributed by atoms with Crippen molar-refractivity contribution in [3.05, 3.63) is 71.8 Å². The van der Waals surface area contributed by atoms with Crippen molar-refractivity contribution in [3.8, 4) is 0 Å². The number of hydrogen-bond acceptors (Lipinski definition) is 6. The minimum absolute atomic E-state index is 0.00111. The normalized spacial score (nSPS) is 15.7. The molecule has 10 heteroatoms. The topological polar surface area (TPSA) is 125 Å². The summed E-state index contributed by atoms with van der Waals surface area (Å²) in [4.78, 5) is 59.1. The van der Waals surface area contributed by atoms with E-state index < -0.39 is 29.9 Å². The van der Waals surface area contributed by atoms with Crippen LogP contribution in [0, 0.1) is 5.92 Å². The molecule has 1 aliphatic heterocycles. The highest BCUT2D eigenvalue weighted by Crippen LogP contribution is 2.22. The van der Waals surface area contributed by atoms with Crippen LogP contribution in [0.25, 0.3) is 0 Å². The Kier molecular flexibility index (Phi) is 13.1. The summed E-state index contributed by atoms with van der Waals surface area (Å²) in [5, 5.41) is 9.70. The van der Waals surface area contributed by atoms with Gasteiger partial charge in [-0.3, -0.25) is 19.3 Å². The smallest absolute Gasteiger partial charge is 0.408 e. The molecule has 41 heavy (non-hydrogen) atoms. The van der Waals surface area contributed by atoms with E-state index in [1.807, 2.05) is 48.5 Å². The van der Waals surface area contributed by atoms with Gasteiger partial charge in [-0.1, -0.05) is 99.7 Å². The van der Waals surface area contributed by atoms with E-state index in [2.05, 4.69) is 12.4 Å². The van der Waals surface area contributed by atoms with Gasteiger partial charge in [0.15, 0.2) is 6.04 Å². The van der Waals surface area contributed by atoms with E-state index in [4.69, 9.17) is 9.57 Å². The zero-order chi connectivity index (χ0) is 29.5. The summed E-state index contributed by atoms with van der Waals surface area (Å²) in [6.07, 6.45) is 4.19. The molecule has 0 radical (unpaired) electrons. The van der Waals surface area contributed by atoms with Crippen molar-refractivity contribution in [2.24, 2.45) is 5.92 Å². The Morgan fingerprint density at radius 1 is 0.902 bits per heavy atom. The van der Waals surface area contributed by atoms with Gasteiger partial charge in [0.1, 0.15) is 6.61 Å². The fourth-order valence-corrected chi connectivity index (χ4v) is 4.84. The summed E-state index contributed by atoms with van der Waals surface area (Å²) in [5.41, 5.74) is 4.12. The first-order chi connectivity index (χ1) is 19.9. The molecule has 1 aliphatic rings. The zero-order valence-corrected chi connectivity index (χ0v) is 23.7. The summed E-state index contributed by atoms with van der Waals surface area (Å²) in [5.74, 6) is -2.01. The number of piperazine rings is 1. The van der Waals surface area contributed by atoms with Gasteiger partial charge in [0.05, 0.1) is 13.2 Å². The van der Waals surface area contributed by atoms with Gasteiger partial charge in [-0.15, -0.1) is 0 Å². The van der Waals surface area contributed by atoms with Gasteiger partial charge in [0, 0.05) is 25.4 Å². The fraction of sp³-hybridized carbons (Fsp3) is 0.484. The summed E-state index contributed by atoms with van der Waals surface area (Å²) < 4.78 is 5.42. The number of nitrogens with one attached hydrogen (secondary N) is 1. The Morgan fingerprint density at radius 3 is 2.17 bits per heavy atom. The monoisotopic (exact) mass is 567 g/mol. The van der Waals surface area contributed by atoms with Gasteiger partial charge in [0.2, 0.25) is 11.8 Å². The first kappa shape index (κ1) is 31.6. The Bertz CT molecular complexity index is 1110. The molecule has 0 unspecified atom stereocenters. The highest BCUT2D eigenvalue weighted by Gasteiger charge is 2.39. The lowest BCUT2D eigenvalue weighted by Crippen LogP contribution is -2.60. The third kappa shape index (κ3) is 10.5. The van der Waals surface area contributed by atoms with Gasteiger partial charge in [-0.25, -0.2) is 15.1 Å². The average molecular weight is 568 g/mol. The van der Waals surface area contributed by atoms with E-state index in [0.717, 1.165) is 48.1 Å². The predicted molar refractivity (Wildman–Crippen MR) is 152 cm³/mol. The van der Waals surface area contributed by atoms with E-state index in [-0.39, 0.29) is 45.2 Å². The number of carboxylic acid groups (broad SMARTS) is 1. The molecule has 2 atom stereocenters. The Labute approximate surface area is 241 Å². The molecule has 10 nitrogen and oxygen atoms in total. The second-order valence-corrected chi connectivity index (χ2v) is 10.3. The Balaban J connectivity index is 1.62. The van der Waals surface area contributed by atoms with Gasteiger partial charge in [-0.05, 0) is 17.5 Å². The highest BCUT2D eigenvalue weighted by molar-refractivity contribution is 5.87. The van der Waals surface area contributed by atoms with E-state index in [1.54, 1.807) is 12.1 Å². The van der Waals surface area contributed by atoms with Crippen LogP contribution in [0.15, 0.2) is 60.7 Å². The lowest BCUT2D eigenvalue weighted by molar-refractivity contribution is -0.156. The van der Waals surface area contributed by atoms with Crippen molar-refractivity contribution in [1.29, 1.82) is 0 Å². The van der Waals surface area contributed by atoms with Crippen molar-refractivity contribution >= 4 is 23.9 Å². The number of carbonyl (C=O) groups excluding carboxylic acids is 3. The van der Waals surface area contributed by atoms with Crippen LogP contribution in [0.4, 0.5) is 4.79 Å². The fourth-order valence-electron chi connectivity index (χ4n) is 4.84. The number of unbranched alkanes of at least 4 members (excludes halogenated alkanes) is 4. The van der Waals surface area contributed by atoms with Gasteiger partial charge in [0.25, 0.3) is 0 Å². The van der Waals surface area contributed by atoms with Crippen LogP contribution in [0.2, 0.25) is 0 Å². The van der Waals surface area contributed by atoms with E-state index in [1.165, 1.54) is 4.90 Å². The number of nitrogens with zero attached hydrogens (tertiary/aromatic N) is 2. The van der Waals surface area contributed by atoms with E-state index in [9.17, 15) is 24.3 Å². The van der Waals surface area contributed by atoms with Crippen LogP contribution in [0.3, 0.4) is 0 Å². The molecule has 2 aromatic carbocycles. The summed E-state index contributed by atoms with van der Waals surface area (Å²) >= 11 is 0. The maximum Gasteiger partial charge on any atom is 0.408 e. The van der Waals surface area contributed by atoms with Crippen molar-refractivity contribution < 1.29 is 33.9 Å². The maximum absolute atomic E-state index is 13.7. The number of ether oxygens (including phenoxy) is 1. The van der Waals surface area contributed by atoms with Crippen LogP contribution >= 0.6 is 0 Å². The molecule has 0 bridgehead atoms. The van der Waals surface area contributed by atoms with Crippen molar-refractivity contribution in [2.75, 3.05) is 19.6 Å².